The first-order valence-electron chi connectivity index (χ1n) is 18.3. The maximum absolute atomic E-state index is 14.6. The van der Waals surface area contributed by atoms with Gasteiger partial charge in [0.15, 0.2) is 0 Å². The summed E-state index contributed by atoms with van der Waals surface area (Å²) in [6.45, 7) is 7.51. The lowest BCUT2D eigenvalue weighted by molar-refractivity contribution is -0.150. The van der Waals surface area contributed by atoms with Gasteiger partial charge in [-0.1, -0.05) is 53.4 Å². The van der Waals surface area contributed by atoms with E-state index in [9.17, 15) is 28.8 Å². The van der Waals surface area contributed by atoms with Gasteiger partial charge in [0.25, 0.3) is 11.8 Å². The van der Waals surface area contributed by atoms with Crippen molar-refractivity contribution in [2.75, 3.05) is 13.7 Å². The summed E-state index contributed by atoms with van der Waals surface area (Å²) >= 11 is 0. The van der Waals surface area contributed by atoms with Gasteiger partial charge in [-0.2, -0.15) is 0 Å². The van der Waals surface area contributed by atoms with Crippen LogP contribution in [0, 0.1) is 11.8 Å². The van der Waals surface area contributed by atoms with Gasteiger partial charge >= 0.3 is 0 Å². The number of ketones is 1. The summed E-state index contributed by atoms with van der Waals surface area (Å²) in [6, 6.07) is -4.10. The van der Waals surface area contributed by atoms with Crippen LogP contribution in [0.1, 0.15) is 123 Å². The number of hydrogen-bond acceptors (Lipinski definition) is 9. The van der Waals surface area contributed by atoms with Crippen molar-refractivity contribution in [1.29, 1.82) is 0 Å². The SMILES string of the molecule is C.CCC[C@H]1CCN(C(=O)C(NC(=O)C(NC(=O)c2cnccn2)C2CCCCC2)C(C)(C)OC)C1C(=O)N[C@@H](CCC)C(=O)C(=O)NC1CC1. The van der Waals surface area contributed by atoms with Gasteiger partial charge < -0.3 is 30.9 Å². The molecule has 0 spiro atoms. The van der Waals surface area contributed by atoms with E-state index in [2.05, 4.69) is 31.2 Å². The van der Waals surface area contributed by atoms with Crippen LogP contribution < -0.4 is 21.3 Å². The second-order valence-corrected chi connectivity index (χ2v) is 14.5. The highest BCUT2D eigenvalue weighted by molar-refractivity contribution is 6.38. The van der Waals surface area contributed by atoms with Crippen LogP contribution in [0.15, 0.2) is 18.6 Å². The molecule has 14 nitrogen and oxygen atoms in total. The highest BCUT2D eigenvalue weighted by Crippen LogP contribution is 2.32. The number of likely N-dealkylation sites (tertiary alicyclic amines) is 1. The molecular weight excluding hydrogens is 654 g/mol. The van der Waals surface area contributed by atoms with E-state index in [0.717, 1.165) is 51.4 Å². The summed E-state index contributed by atoms with van der Waals surface area (Å²) in [5.74, 6) is -3.83. The second kappa shape index (κ2) is 19.1. The number of rotatable bonds is 17. The Morgan fingerprint density at radius 3 is 2.24 bits per heavy atom. The maximum Gasteiger partial charge on any atom is 0.289 e. The van der Waals surface area contributed by atoms with Gasteiger partial charge in [-0.05, 0) is 70.6 Å². The lowest BCUT2D eigenvalue weighted by Gasteiger charge is -2.39. The van der Waals surface area contributed by atoms with E-state index < -0.39 is 65.1 Å². The minimum Gasteiger partial charge on any atom is -0.376 e. The highest BCUT2D eigenvalue weighted by atomic mass is 16.5. The molecule has 5 atom stereocenters. The van der Waals surface area contributed by atoms with E-state index in [0.29, 0.717) is 19.3 Å². The van der Waals surface area contributed by atoms with Crippen LogP contribution in [-0.4, -0.2) is 99.7 Å². The van der Waals surface area contributed by atoms with Crippen molar-refractivity contribution in [2.24, 2.45) is 11.8 Å². The summed E-state index contributed by atoms with van der Waals surface area (Å²) in [7, 11) is 1.45. The van der Waals surface area contributed by atoms with Crippen molar-refractivity contribution in [3.05, 3.63) is 24.3 Å². The van der Waals surface area contributed by atoms with Gasteiger partial charge in [0, 0.05) is 32.1 Å². The Labute approximate surface area is 302 Å². The number of hydrogen-bond donors (Lipinski definition) is 4. The van der Waals surface area contributed by atoms with Crippen molar-refractivity contribution in [1.82, 2.24) is 36.1 Å². The van der Waals surface area contributed by atoms with E-state index in [4.69, 9.17) is 4.74 Å². The summed E-state index contributed by atoms with van der Waals surface area (Å²) in [5.41, 5.74) is -1.13. The lowest BCUT2D eigenvalue weighted by atomic mass is 9.83. The second-order valence-electron chi connectivity index (χ2n) is 14.5. The zero-order chi connectivity index (χ0) is 36.4. The number of carbonyl (C=O) groups is 6. The van der Waals surface area contributed by atoms with Crippen LogP contribution in [0.25, 0.3) is 0 Å². The molecule has 3 aliphatic rings. The number of amides is 5. The Balaban J connectivity index is 0.00000702. The summed E-state index contributed by atoms with van der Waals surface area (Å²) in [5, 5.41) is 11.3. The van der Waals surface area contributed by atoms with Crippen LogP contribution in [-0.2, 0) is 28.7 Å². The van der Waals surface area contributed by atoms with Crippen molar-refractivity contribution < 1.29 is 33.5 Å². The molecule has 0 aromatic carbocycles. The standard InChI is InChI=1S/C36H55N7O7.CH4/c1-6-11-23-17-20-43(28(23)33(47)40-25(12-7-2)29(44)34(48)39-24-15-16-24)35(49)30(36(3,4)50-5)42-32(46)27(22-13-9-8-10-14-22)41-31(45)26-21-37-18-19-38-26;/h18-19,21-25,27-28,30H,6-17,20H2,1-5H3,(H,39,48)(H,40,47)(H,41,45)(H,42,46);1H4/t23-,25-,27?,28?,30?;/m0./s1. The van der Waals surface area contributed by atoms with Crippen molar-refractivity contribution >= 4 is 35.3 Å². The molecule has 284 valence electrons. The zero-order valence-corrected chi connectivity index (χ0v) is 30.2. The molecule has 2 saturated carbocycles. The highest BCUT2D eigenvalue weighted by Gasteiger charge is 2.48. The number of nitrogens with zero attached hydrogens (tertiary/aromatic N) is 3. The fraction of sp³-hybridized carbons (Fsp3) is 0.730. The molecular formula is C37H59N7O7. The topological polar surface area (TPSA) is 189 Å². The fourth-order valence-electron chi connectivity index (χ4n) is 7.13. The minimum atomic E-state index is -1.22. The van der Waals surface area contributed by atoms with Crippen LogP contribution in [0.5, 0.6) is 0 Å². The van der Waals surface area contributed by atoms with E-state index in [1.807, 2.05) is 13.8 Å². The number of carbonyl (C=O) groups excluding carboxylic acids is 6. The van der Waals surface area contributed by atoms with Gasteiger partial charge in [-0.25, -0.2) is 4.98 Å². The molecule has 3 unspecified atom stereocenters. The number of Topliss-reactive ketones (excluding diaryl/α,β-unsaturated/α-hetero) is 1. The van der Waals surface area contributed by atoms with Crippen molar-refractivity contribution in [3.8, 4) is 0 Å². The van der Waals surface area contributed by atoms with Gasteiger partial charge in [0.05, 0.1) is 17.8 Å². The van der Waals surface area contributed by atoms with E-state index in [1.165, 1.54) is 30.6 Å². The molecule has 5 amide bonds. The van der Waals surface area contributed by atoms with Crippen LogP contribution in [0.2, 0.25) is 0 Å². The number of methoxy groups -OCH3 is 1. The van der Waals surface area contributed by atoms with Gasteiger partial charge in [-0.15, -0.1) is 0 Å². The summed E-state index contributed by atoms with van der Waals surface area (Å²) in [6.07, 6.45) is 13.0. The third kappa shape index (κ3) is 10.8. The number of ether oxygens (including phenoxy) is 1. The lowest BCUT2D eigenvalue weighted by Crippen LogP contribution is -2.64. The first-order valence-corrected chi connectivity index (χ1v) is 18.3. The zero-order valence-electron chi connectivity index (χ0n) is 30.2. The molecule has 4 N–H and O–H groups in total. The Morgan fingerprint density at radius 2 is 1.65 bits per heavy atom. The quantitative estimate of drug-likeness (QED) is 0.176. The normalized spacial score (nSPS) is 21.0. The summed E-state index contributed by atoms with van der Waals surface area (Å²) in [4.78, 5) is 91.3. The molecule has 0 bridgehead atoms. The number of aromatic nitrogens is 2. The van der Waals surface area contributed by atoms with Crippen LogP contribution >= 0.6 is 0 Å². The molecule has 51 heavy (non-hydrogen) atoms. The van der Waals surface area contributed by atoms with Gasteiger partial charge in [-0.3, -0.25) is 33.8 Å². The van der Waals surface area contributed by atoms with Gasteiger partial charge in [0.1, 0.15) is 23.8 Å². The Kier molecular flexibility index (Phi) is 15.5. The van der Waals surface area contributed by atoms with E-state index in [-0.39, 0.29) is 44.0 Å². The molecule has 1 aromatic heterocycles. The van der Waals surface area contributed by atoms with Crippen molar-refractivity contribution in [3.63, 3.8) is 0 Å². The molecule has 14 heteroatoms. The molecule has 1 aliphatic heterocycles. The van der Waals surface area contributed by atoms with E-state index >= 15 is 0 Å². The van der Waals surface area contributed by atoms with Crippen LogP contribution in [0.4, 0.5) is 0 Å². The predicted molar refractivity (Wildman–Crippen MR) is 191 cm³/mol. The average molecular weight is 714 g/mol. The molecule has 2 aliphatic carbocycles. The molecule has 1 saturated heterocycles. The molecule has 1 aromatic rings. The molecule has 3 fully saturated rings. The fourth-order valence-corrected chi connectivity index (χ4v) is 7.13. The first-order chi connectivity index (χ1) is 23.9. The maximum atomic E-state index is 14.6. The number of nitrogens with one attached hydrogen (secondary N) is 4. The molecule has 4 rings (SSSR count). The van der Waals surface area contributed by atoms with Crippen molar-refractivity contribution in [2.45, 2.75) is 148 Å². The van der Waals surface area contributed by atoms with Crippen LogP contribution in [0.3, 0.4) is 0 Å². The average Bonchev–Trinajstić information content (AvgIpc) is 3.84. The molecule has 2 heterocycles. The first kappa shape index (κ1) is 41.5. The Bertz CT molecular complexity index is 1360. The monoisotopic (exact) mass is 713 g/mol. The summed E-state index contributed by atoms with van der Waals surface area (Å²) < 4.78 is 5.76. The van der Waals surface area contributed by atoms with E-state index in [1.54, 1.807) is 13.8 Å². The smallest absolute Gasteiger partial charge is 0.289 e. The third-order valence-corrected chi connectivity index (χ3v) is 10.3. The van der Waals surface area contributed by atoms with Gasteiger partial charge in [0.2, 0.25) is 23.5 Å². The Morgan fingerprint density at radius 1 is 0.941 bits per heavy atom. The largest absolute Gasteiger partial charge is 0.376 e. The minimum absolute atomic E-state index is 0. The third-order valence-electron chi connectivity index (χ3n) is 10.3. The Hall–Kier alpha value is -3.94. The predicted octanol–water partition coefficient (Wildman–Crippen LogP) is 2.85. The molecule has 0 radical (unpaired) electrons.